The smallest absolute Gasteiger partial charge is 0.241 e. The van der Waals surface area contributed by atoms with Gasteiger partial charge in [0.25, 0.3) is 0 Å². The van der Waals surface area contributed by atoms with Gasteiger partial charge in [-0.05, 0) is 25.0 Å². The number of aryl methyl sites for hydroxylation is 1. The van der Waals surface area contributed by atoms with Crippen molar-refractivity contribution in [3.63, 3.8) is 0 Å². The fraction of sp³-hybridized carbons (Fsp3) is 0.333. The van der Waals surface area contributed by atoms with Crippen molar-refractivity contribution in [2.75, 3.05) is 17.2 Å². The van der Waals surface area contributed by atoms with Crippen molar-refractivity contribution in [3.8, 4) is 0 Å². The first-order chi connectivity index (χ1) is 9.15. The molecule has 0 fully saturated rings. The van der Waals surface area contributed by atoms with Crippen LogP contribution in [0.1, 0.15) is 12.8 Å². The summed E-state index contributed by atoms with van der Waals surface area (Å²) in [6.45, 7) is 1.39. The minimum absolute atomic E-state index is 0.185. The van der Waals surface area contributed by atoms with E-state index in [4.69, 9.17) is 5.73 Å². The van der Waals surface area contributed by atoms with Crippen LogP contribution < -0.4 is 10.6 Å². The Bertz CT molecular complexity index is 610. The number of nitrogens with zero attached hydrogens (tertiary/aromatic N) is 4. The van der Waals surface area contributed by atoms with Crippen LogP contribution in [0.2, 0.25) is 0 Å². The molecule has 0 saturated carbocycles. The SMILES string of the molecule is Nc1nc2n(n1)CCCCN2c1ccc(F)c(F)c1. The molecule has 0 unspecified atom stereocenters. The molecule has 19 heavy (non-hydrogen) atoms. The van der Waals surface area contributed by atoms with Crippen molar-refractivity contribution in [1.82, 2.24) is 14.8 Å². The number of hydrogen-bond donors (Lipinski definition) is 1. The van der Waals surface area contributed by atoms with E-state index >= 15 is 0 Å². The summed E-state index contributed by atoms with van der Waals surface area (Å²) in [4.78, 5) is 5.96. The lowest BCUT2D eigenvalue weighted by Crippen LogP contribution is -2.20. The standard InChI is InChI=1S/C12H13F2N5/c13-9-4-3-8(7-10(9)14)18-5-1-2-6-19-12(18)16-11(15)17-19/h3-4,7H,1-2,5-6H2,(H2,15,17). The van der Waals surface area contributed by atoms with Crippen molar-refractivity contribution in [3.05, 3.63) is 29.8 Å². The normalized spacial score (nSPS) is 15.2. The molecule has 0 amide bonds. The number of fused-ring (bicyclic) bond motifs is 1. The van der Waals surface area contributed by atoms with E-state index in [0.717, 1.165) is 31.5 Å². The maximum absolute atomic E-state index is 13.3. The Hall–Kier alpha value is -2.18. The molecule has 0 atom stereocenters. The number of nitrogen functional groups attached to an aromatic ring is 1. The molecule has 1 aromatic heterocycles. The first-order valence-corrected chi connectivity index (χ1v) is 6.08. The molecule has 0 spiro atoms. The summed E-state index contributed by atoms with van der Waals surface area (Å²) in [6, 6.07) is 3.80. The minimum Gasteiger partial charge on any atom is -0.366 e. The average molecular weight is 265 g/mol. The first kappa shape index (κ1) is 11.9. The van der Waals surface area contributed by atoms with Crippen LogP contribution in [0, 0.1) is 11.6 Å². The highest BCUT2D eigenvalue weighted by atomic mass is 19.2. The molecule has 2 N–H and O–H groups in total. The van der Waals surface area contributed by atoms with E-state index in [0.29, 0.717) is 18.2 Å². The van der Waals surface area contributed by atoms with Gasteiger partial charge in [-0.1, -0.05) is 0 Å². The van der Waals surface area contributed by atoms with E-state index in [-0.39, 0.29) is 5.95 Å². The number of aromatic nitrogens is 3. The van der Waals surface area contributed by atoms with Crippen molar-refractivity contribution in [2.45, 2.75) is 19.4 Å². The zero-order chi connectivity index (χ0) is 13.4. The topological polar surface area (TPSA) is 60.0 Å². The van der Waals surface area contributed by atoms with Crippen LogP contribution >= 0.6 is 0 Å². The molecule has 5 nitrogen and oxygen atoms in total. The fourth-order valence-electron chi connectivity index (χ4n) is 2.23. The molecule has 2 aromatic rings. The molecule has 1 aliphatic heterocycles. The van der Waals surface area contributed by atoms with Gasteiger partial charge in [0.2, 0.25) is 11.9 Å². The van der Waals surface area contributed by atoms with Crippen molar-refractivity contribution in [1.29, 1.82) is 0 Å². The van der Waals surface area contributed by atoms with Gasteiger partial charge in [-0.2, -0.15) is 4.98 Å². The maximum atomic E-state index is 13.3. The van der Waals surface area contributed by atoms with Gasteiger partial charge in [-0.3, -0.25) is 0 Å². The van der Waals surface area contributed by atoms with E-state index in [9.17, 15) is 8.78 Å². The molecule has 0 bridgehead atoms. The zero-order valence-corrected chi connectivity index (χ0v) is 10.2. The van der Waals surface area contributed by atoms with Gasteiger partial charge in [-0.25, -0.2) is 13.5 Å². The van der Waals surface area contributed by atoms with Crippen LogP contribution in [-0.4, -0.2) is 21.3 Å². The summed E-state index contributed by atoms with van der Waals surface area (Å²) in [5, 5.41) is 4.10. The summed E-state index contributed by atoms with van der Waals surface area (Å²) in [6.07, 6.45) is 1.86. The summed E-state index contributed by atoms with van der Waals surface area (Å²) < 4.78 is 28.0. The van der Waals surface area contributed by atoms with E-state index in [1.807, 2.05) is 0 Å². The predicted molar refractivity (Wildman–Crippen MR) is 67.0 cm³/mol. The molecular formula is C12H13F2N5. The molecule has 3 rings (SSSR count). The van der Waals surface area contributed by atoms with Crippen molar-refractivity contribution >= 4 is 17.6 Å². The molecule has 0 saturated heterocycles. The molecule has 100 valence electrons. The first-order valence-electron chi connectivity index (χ1n) is 6.08. The van der Waals surface area contributed by atoms with Crippen LogP contribution in [0.4, 0.5) is 26.4 Å². The number of hydrogen-bond acceptors (Lipinski definition) is 4. The Labute approximate surface area is 108 Å². The summed E-state index contributed by atoms with van der Waals surface area (Å²) in [7, 11) is 0. The van der Waals surface area contributed by atoms with Crippen LogP contribution in [0.25, 0.3) is 0 Å². The van der Waals surface area contributed by atoms with Gasteiger partial charge in [0.1, 0.15) is 0 Å². The van der Waals surface area contributed by atoms with Gasteiger partial charge in [0.15, 0.2) is 11.6 Å². The van der Waals surface area contributed by atoms with Gasteiger partial charge in [0, 0.05) is 24.8 Å². The second-order valence-corrected chi connectivity index (χ2v) is 4.45. The Balaban J connectivity index is 2.05. The van der Waals surface area contributed by atoms with Gasteiger partial charge < -0.3 is 10.6 Å². The Morgan fingerprint density at radius 2 is 1.89 bits per heavy atom. The number of nitrogens with two attached hydrogens (primary N) is 1. The Kier molecular flexibility index (Phi) is 2.81. The number of benzene rings is 1. The van der Waals surface area contributed by atoms with E-state index in [2.05, 4.69) is 10.1 Å². The third-order valence-corrected chi connectivity index (χ3v) is 3.13. The Morgan fingerprint density at radius 3 is 2.68 bits per heavy atom. The van der Waals surface area contributed by atoms with Crippen LogP contribution in [0.3, 0.4) is 0 Å². The highest BCUT2D eigenvalue weighted by Crippen LogP contribution is 2.28. The minimum atomic E-state index is -0.874. The summed E-state index contributed by atoms with van der Waals surface area (Å²) >= 11 is 0. The van der Waals surface area contributed by atoms with Gasteiger partial charge >= 0.3 is 0 Å². The quantitative estimate of drug-likeness (QED) is 0.857. The van der Waals surface area contributed by atoms with Gasteiger partial charge in [0.05, 0.1) is 0 Å². The number of halogens is 2. The van der Waals surface area contributed by atoms with Crippen LogP contribution in [0.15, 0.2) is 18.2 Å². The third-order valence-electron chi connectivity index (χ3n) is 3.13. The summed E-state index contributed by atoms with van der Waals surface area (Å²) in [5.41, 5.74) is 6.15. The lowest BCUT2D eigenvalue weighted by atomic mass is 10.2. The predicted octanol–water partition coefficient (Wildman–Crippen LogP) is 2.07. The third kappa shape index (κ3) is 2.11. The molecule has 0 aliphatic carbocycles. The van der Waals surface area contributed by atoms with Crippen LogP contribution in [0.5, 0.6) is 0 Å². The van der Waals surface area contributed by atoms with Crippen LogP contribution in [-0.2, 0) is 6.54 Å². The molecule has 1 aliphatic rings. The molecule has 7 heteroatoms. The second-order valence-electron chi connectivity index (χ2n) is 4.45. The van der Waals surface area contributed by atoms with E-state index < -0.39 is 11.6 Å². The second kappa shape index (κ2) is 4.49. The van der Waals surface area contributed by atoms with E-state index in [1.54, 1.807) is 9.58 Å². The monoisotopic (exact) mass is 265 g/mol. The van der Waals surface area contributed by atoms with E-state index in [1.165, 1.54) is 6.07 Å². The number of anilines is 3. The maximum Gasteiger partial charge on any atom is 0.241 e. The lowest BCUT2D eigenvalue weighted by molar-refractivity contribution is 0.508. The molecule has 1 aromatic carbocycles. The molecule has 0 radical (unpaired) electrons. The Morgan fingerprint density at radius 1 is 1.11 bits per heavy atom. The molecule has 2 heterocycles. The van der Waals surface area contributed by atoms with Crippen molar-refractivity contribution < 1.29 is 8.78 Å². The highest BCUT2D eigenvalue weighted by Gasteiger charge is 2.21. The highest BCUT2D eigenvalue weighted by molar-refractivity contribution is 5.58. The lowest BCUT2D eigenvalue weighted by Gasteiger charge is -2.21. The largest absolute Gasteiger partial charge is 0.366 e. The summed E-state index contributed by atoms with van der Waals surface area (Å²) in [5.74, 6) is -0.981. The van der Waals surface area contributed by atoms with Crippen molar-refractivity contribution in [2.24, 2.45) is 0 Å². The zero-order valence-electron chi connectivity index (χ0n) is 10.2. The number of rotatable bonds is 1. The van der Waals surface area contributed by atoms with Gasteiger partial charge in [-0.15, -0.1) is 5.10 Å². The average Bonchev–Trinajstić information content (AvgIpc) is 2.63. The fourth-order valence-corrected chi connectivity index (χ4v) is 2.23. The molecular weight excluding hydrogens is 252 g/mol.